The average Bonchev–Trinajstić information content (AvgIpc) is 2.52. The summed E-state index contributed by atoms with van der Waals surface area (Å²) in [6.45, 7) is 2.98. The third kappa shape index (κ3) is 6.12. The van der Waals surface area contributed by atoms with Gasteiger partial charge in [-0.15, -0.1) is 0 Å². The molecule has 0 saturated heterocycles. The van der Waals surface area contributed by atoms with Crippen molar-refractivity contribution in [3.8, 4) is 5.75 Å². The molecule has 3 N–H and O–H groups in total. The van der Waals surface area contributed by atoms with Crippen molar-refractivity contribution in [2.75, 3.05) is 33.9 Å². The van der Waals surface area contributed by atoms with Crippen LogP contribution in [0.3, 0.4) is 0 Å². The summed E-state index contributed by atoms with van der Waals surface area (Å²) < 4.78 is 9.98. The highest BCUT2D eigenvalue weighted by Gasteiger charge is 2.14. The number of methoxy groups -OCH3 is 2. The first kappa shape index (κ1) is 17.4. The molecule has 118 valence electrons. The standard InChI is InChI=1S/C15H24N2O4/c1-11(15(19)16-7-8-20-2)17-10-14(18)12-5-4-6-13(9-12)21-3/h4-6,9,11,14,17-18H,7-8,10H2,1-3H3,(H,16,19). The topological polar surface area (TPSA) is 79.8 Å². The number of amides is 1. The Hall–Kier alpha value is -1.63. The molecular weight excluding hydrogens is 272 g/mol. The number of aliphatic hydroxyl groups is 1. The Bertz CT molecular complexity index is 439. The number of hydrogen-bond donors (Lipinski definition) is 3. The van der Waals surface area contributed by atoms with Gasteiger partial charge in [-0.1, -0.05) is 12.1 Å². The third-order valence-electron chi connectivity index (χ3n) is 3.09. The minimum Gasteiger partial charge on any atom is -0.497 e. The van der Waals surface area contributed by atoms with Crippen LogP contribution in [-0.2, 0) is 9.53 Å². The van der Waals surface area contributed by atoms with Crippen LogP contribution in [0.1, 0.15) is 18.6 Å². The molecule has 6 nitrogen and oxygen atoms in total. The number of carbonyl (C=O) groups excluding carboxylic acids is 1. The fourth-order valence-corrected chi connectivity index (χ4v) is 1.78. The first-order valence-electron chi connectivity index (χ1n) is 6.90. The molecule has 1 aromatic rings. The van der Waals surface area contributed by atoms with Crippen LogP contribution in [0.15, 0.2) is 24.3 Å². The van der Waals surface area contributed by atoms with Gasteiger partial charge in [-0.2, -0.15) is 0 Å². The van der Waals surface area contributed by atoms with Crippen LogP contribution >= 0.6 is 0 Å². The second kappa shape index (κ2) is 9.33. The number of nitrogens with one attached hydrogen (secondary N) is 2. The number of rotatable bonds is 9. The van der Waals surface area contributed by atoms with Gasteiger partial charge in [0.25, 0.3) is 0 Å². The quantitative estimate of drug-likeness (QED) is 0.577. The Balaban J connectivity index is 2.40. The highest BCUT2D eigenvalue weighted by molar-refractivity contribution is 5.81. The lowest BCUT2D eigenvalue weighted by atomic mass is 10.1. The van der Waals surface area contributed by atoms with E-state index in [0.29, 0.717) is 18.9 Å². The molecule has 0 saturated carbocycles. The molecule has 1 aromatic carbocycles. The highest BCUT2D eigenvalue weighted by Crippen LogP contribution is 2.18. The first-order valence-corrected chi connectivity index (χ1v) is 6.90. The smallest absolute Gasteiger partial charge is 0.236 e. The Kier molecular flexibility index (Phi) is 7.74. The summed E-state index contributed by atoms with van der Waals surface area (Å²) >= 11 is 0. The molecule has 0 heterocycles. The molecule has 0 aliphatic heterocycles. The molecule has 1 amide bonds. The van der Waals surface area contributed by atoms with Crippen LogP contribution in [-0.4, -0.2) is 51.0 Å². The summed E-state index contributed by atoms with van der Waals surface area (Å²) in [5.41, 5.74) is 0.744. The zero-order valence-electron chi connectivity index (χ0n) is 12.8. The molecule has 2 unspecified atom stereocenters. The maximum Gasteiger partial charge on any atom is 0.236 e. The highest BCUT2D eigenvalue weighted by atomic mass is 16.5. The van der Waals surface area contributed by atoms with Crippen LogP contribution in [0.4, 0.5) is 0 Å². The molecule has 0 spiro atoms. The van der Waals surface area contributed by atoms with Crippen molar-refractivity contribution in [2.24, 2.45) is 0 Å². The minimum absolute atomic E-state index is 0.120. The van der Waals surface area contributed by atoms with Crippen LogP contribution < -0.4 is 15.4 Å². The minimum atomic E-state index is -0.700. The van der Waals surface area contributed by atoms with E-state index in [1.807, 2.05) is 18.2 Å². The fraction of sp³-hybridized carbons (Fsp3) is 0.533. The van der Waals surface area contributed by atoms with Crippen molar-refractivity contribution in [3.05, 3.63) is 29.8 Å². The van der Waals surface area contributed by atoms with Gasteiger partial charge >= 0.3 is 0 Å². The van der Waals surface area contributed by atoms with Crippen LogP contribution in [0, 0.1) is 0 Å². The zero-order valence-corrected chi connectivity index (χ0v) is 12.8. The van der Waals surface area contributed by atoms with E-state index >= 15 is 0 Å². The van der Waals surface area contributed by atoms with Crippen molar-refractivity contribution in [3.63, 3.8) is 0 Å². The van der Waals surface area contributed by atoms with Gasteiger partial charge in [0.1, 0.15) is 5.75 Å². The van der Waals surface area contributed by atoms with E-state index in [1.165, 1.54) is 0 Å². The van der Waals surface area contributed by atoms with Gasteiger partial charge in [0.15, 0.2) is 0 Å². The molecule has 21 heavy (non-hydrogen) atoms. The predicted molar refractivity (Wildman–Crippen MR) is 80.3 cm³/mol. The van der Waals surface area contributed by atoms with E-state index < -0.39 is 6.10 Å². The zero-order chi connectivity index (χ0) is 15.7. The van der Waals surface area contributed by atoms with Crippen molar-refractivity contribution in [1.29, 1.82) is 0 Å². The van der Waals surface area contributed by atoms with Gasteiger partial charge in [0, 0.05) is 20.2 Å². The molecule has 1 rings (SSSR count). The normalized spacial score (nSPS) is 13.5. The van der Waals surface area contributed by atoms with Gasteiger partial charge in [-0.25, -0.2) is 0 Å². The molecule has 0 aliphatic carbocycles. The SMILES string of the molecule is COCCNC(=O)C(C)NCC(O)c1cccc(OC)c1. The third-order valence-corrected chi connectivity index (χ3v) is 3.09. The van der Waals surface area contributed by atoms with Crippen LogP contribution in [0.25, 0.3) is 0 Å². The van der Waals surface area contributed by atoms with E-state index in [0.717, 1.165) is 5.56 Å². The first-order chi connectivity index (χ1) is 10.1. The molecule has 0 aliphatic rings. The van der Waals surface area contributed by atoms with Gasteiger partial charge < -0.3 is 25.2 Å². The second-order valence-corrected chi connectivity index (χ2v) is 4.71. The monoisotopic (exact) mass is 296 g/mol. The van der Waals surface area contributed by atoms with Crippen molar-refractivity contribution < 1.29 is 19.4 Å². The summed E-state index contributed by atoms with van der Waals surface area (Å²) in [5.74, 6) is 0.571. The molecule has 6 heteroatoms. The summed E-state index contributed by atoms with van der Waals surface area (Å²) in [7, 11) is 3.16. The largest absolute Gasteiger partial charge is 0.497 e. The predicted octanol–water partition coefficient (Wildman–Crippen LogP) is 0.469. The number of ether oxygens (including phenoxy) is 2. The summed E-state index contributed by atoms with van der Waals surface area (Å²) in [5, 5.41) is 15.9. The van der Waals surface area contributed by atoms with Crippen LogP contribution in [0.5, 0.6) is 5.75 Å². The number of benzene rings is 1. The Morgan fingerprint density at radius 3 is 2.81 bits per heavy atom. The van der Waals surface area contributed by atoms with Gasteiger partial charge in [0.05, 0.1) is 25.9 Å². The van der Waals surface area contributed by atoms with E-state index in [1.54, 1.807) is 27.2 Å². The van der Waals surface area contributed by atoms with Crippen LogP contribution in [0.2, 0.25) is 0 Å². The number of carbonyl (C=O) groups is 1. The lowest BCUT2D eigenvalue weighted by molar-refractivity contribution is -0.123. The summed E-state index contributed by atoms with van der Waals surface area (Å²) in [4.78, 5) is 11.7. The molecule has 0 fully saturated rings. The number of aliphatic hydroxyl groups excluding tert-OH is 1. The van der Waals surface area contributed by atoms with Gasteiger partial charge in [0.2, 0.25) is 5.91 Å². The molecule has 0 bridgehead atoms. The Morgan fingerprint density at radius 2 is 2.14 bits per heavy atom. The van der Waals surface area contributed by atoms with E-state index in [4.69, 9.17) is 9.47 Å². The van der Waals surface area contributed by atoms with Crippen molar-refractivity contribution in [1.82, 2.24) is 10.6 Å². The number of hydrogen-bond acceptors (Lipinski definition) is 5. The second-order valence-electron chi connectivity index (χ2n) is 4.71. The van der Waals surface area contributed by atoms with Gasteiger partial charge in [-0.05, 0) is 24.6 Å². The summed E-state index contributed by atoms with van der Waals surface area (Å²) in [6.07, 6.45) is -0.700. The maximum atomic E-state index is 11.7. The summed E-state index contributed by atoms with van der Waals surface area (Å²) in [6, 6.07) is 6.84. The Morgan fingerprint density at radius 1 is 1.38 bits per heavy atom. The molecular formula is C15H24N2O4. The lowest BCUT2D eigenvalue weighted by Crippen LogP contribution is -2.44. The van der Waals surface area contributed by atoms with E-state index in [9.17, 15) is 9.90 Å². The molecule has 0 aromatic heterocycles. The molecule has 0 radical (unpaired) electrons. The van der Waals surface area contributed by atoms with E-state index in [-0.39, 0.29) is 18.5 Å². The lowest BCUT2D eigenvalue weighted by Gasteiger charge is -2.17. The van der Waals surface area contributed by atoms with E-state index in [2.05, 4.69) is 10.6 Å². The Labute approximate surface area is 125 Å². The van der Waals surface area contributed by atoms with Gasteiger partial charge in [-0.3, -0.25) is 4.79 Å². The van der Waals surface area contributed by atoms with Crippen molar-refractivity contribution in [2.45, 2.75) is 19.1 Å². The molecule has 2 atom stereocenters. The fourth-order valence-electron chi connectivity index (χ4n) is 1.78. The maximum absolute atomic E-state index is 11.7. The average molecular weight is 296 g/mol. The van der Waals surface area contributed by atoms with Crippen molar-refractivity contribution >= 4 is 5.91 Å².